The number of morpholine rings is 1. The van der Waals surface area contributed by atoms with Gasteiger partial charge in [-0.2, -0.15) is 0 Å². The molecule has 0 aromatic carbocycles. The Morgan fingerprint density at radius 2 is 2.00 bits per heavy atom. The monoisotopic (exact) mass is 432 g/mol. The minimum atomic E-state index is -0.172. The van der Waals surface area contributed by atoms with Gasteiger partial charge >= 0.3 is 0 Å². The Labute approximate surface area is 182 Å². The molecule has 0 radical (unpaired) electrons. The van der Waals surface area contributed by atoms with Crippen LogP contribution in [0.15, 0.2) is 27.9 Å². The molecule has 0 bridgehead atoms. The molecule has 1 aliphatic heterocycles. The third-order valence-electron chi connectivity index (χ3n) is 5.51. The molecule has 1 aliphatic rings. The number of hydrogen-bond acceptors (Lipinski definition) is 7. The van der Waals surface area contributed by atoms with Gasteiger partial charge in [-0.25, -0.2) is 4.98 Å². The van der Waals surface area contributed by atoms with Gasteiger partial charge in [0.25, 0.3) is 5.91 Å². The lowest BCUT2D eigenvalue weighted by Crippen LogP contribution is -2.58. The molecule has 8 heteroatoms. The maximum atomic E-state index is 13.0. The van der Waals surface area contributed by atoms with Gasteiger partial charge in [0, 0.05) is 42.7 Å². The minimum Gasteiger partial charge on any atom is -0.373 e. The summed E-state index contributed by atoms with van der Waals surface area (Å²) in [7, 11) is 0. The highest BCUT2D eigenvalue weighted by atomic mass is 32.2. The van der Waals surface area contributed by atoms with Crippen molar-refractivity contribution in [3.05, 3.63) is 40.9 Å². The summed E-state index contributed by atoms with van der Waals surface area (Å²) in [6, 6.07) is 3.62. The summed E-state index contributed by atoms with van der Waals surface area (Å²) in [4.78, 5) is 19.8. The molecule has 0 unspecified atom stereocenters. The van der Waals surface area contributed by atoms with E-state index in [-0.39, 0.29) is 23.7 Å². The van der Waals surface area contributed by atoms with Gasteiger partial charge in [-0.1, -0.05) is 5.16 Å². The first-order valence-electron chi connectivity index (χ1n) is 10.4. The lowest BCUT2D eigenvalue weighted by atomic mass is 10.00. The number of amides is 1. The van der Waals surface area contributed by atoms with E-state index >= 15 is 0 Å². The molecule has 0 saturated carbocycles. The molecule has 0 spiro atoms. The van der Waals surface area contributed by atoms with E-state index < -0.39 is 0 Å². The van der Waals surface area contributed by atoms with Gasteiger partial charge in [0.2, 0.25) is 0 Å². The predicted molar refractivity (Wildman–Crippen MR) is 118 cm³/mol. The van der Waals surface area contributed by atoms with Crippen LogP contribution in [0.4, 0.5) is 0 Å². The lowest BCUT2D eigenvalue weighted by Gasteiger charge is -2.45. The molecule has 3 rings (SSSR count). The number of nitrogens with zero attached hydrogens (tertiary/aromatic N) is 3. The molecule has 2 atom stereocenters. The number of carbonyl (C=O) groups excluding carboxylic acids is 1. The minimum absolute atomic E-state index is 0.105. The van der Waals surface area contributed by atoms with Crippen LogP contribution in [0.1, 0.15) is 55.1 Å². The van der Waals surface area contributed by atoms with E-state index in [0.717, 1.165) is 30.1 Å². The molecular weight excluding hydrogens is 400 g/mol. The van der Waals surface area contributed by atoms with Crippen LogP contribution >= 0.6 is 11.8 Å². The van der Waals surface area contributed by atoms with E-state index in [1.165, 1.54) is 11.8 Å². The van der Waals surface area contributed by atoms with Gasteiger partial charge in [-0.15, -0.1) is 11.8 Å². The van der Waals surface area contributed by atoms with Crippen LogP contribution in [0.25, 0.3) is 0 Å². The summed E-state index contributed by atoms with van der Waals surface area (Å²) < 4.78 is 11.1. The highest BCUT2D eigenvalue weighted by Gasteiger charge is 2.33. The molecule has 0 aliphatic carbocycles. The first-order valence-corrected chi connectivity index (χ1v) is 11.3. The normalized spacial score (nSPS) is 20.3. The van der Waals surface area contributed by atoms with Crippen molar-refractivity contribution >= 4 is 17.7 Å². The van der Waals surface area contributed by atoms with Crippen LogP contribution in [0, 0.1) is 13.8 Å². The molecular formula is C22H32N4O3S. The largest absolute Gasteiger partial charge is 0.373 e. The Bertz CT molecular complexity index is 854. The second kappa shape index (κ2) is 9.49. The van der Waals surface area contributed by atoms with Crippen molar-refractivity contribution in [1.82, 2.24) is 20.4 Å². The maximum absolute atomic E-state index is 13.0. The lowest BCUT2D eigenvalue weighted by molar-refractivity contribution is -0.0948. The van der Waals surface area contributed by atoms with E-state index in [9.17, 15) is 4.79 Å². The van der Waals surface area contributed by atoms with Gasteiger partial charge in [-0.3, -0.25) is 9.69 Å². The second-order valence-electron chi connectivity index (χ2n) is 8.60. The van der Waals surface area contributed by atoms with Crippen LogP contribution in [0.5, 0.6) is 0 Å². The summed E-state index contributed by atoms with van der Waals surface area (Å²) in [5, 5.41) is 7.82. The van der Waals surface area contributed by atoms with Crippen LogP contribution in [-0.4, -0.2) is 58.3 Å². The number of rotatable bonds is 7. The van der Waals surface area contributed by atoms with Crippen molar-refractivity contribution in [2.75, 3.05) is 19.6 Å². The number of ether oxygens (including phenoxy) is 1. The highest BCUT2D eigenvalue weighted by molar-refractivity contribution is 7.98. The molecule has 1 amide bonds. The molecule has 3 heterocycles. The molecule has 164 valence electrons. The first-order chi connectivity index (χ1) is 14.2. The smallest absolute Gasteiger partial charge is 0.254 e. The van der Waals surface area contributed by atoms with Crippen LogP contribution in [0.3, 0.4) is 0 Å². The summed E-state index contributed by atoms with van der Waals surface area (Å²) in [6.45, 7) is 14.6. The average molecular weight is 433 g/mol. The van der Waals surface area contributed by atoms with Crippen LogP contribution in [0.2, 0.25) is 0 Å². The number of carbonyl (C=O) groups is 1. The SMILES string of the molecule is Cc1noc(C)c1CSc1ncccc1C(=O)NCC(C)(C)N1C[C@@H](C)O[C@H](C)C1. The van der Waals surface area contributed by atoms with Crippen molar-refractivity contribution in [1.29, 1.82) is 0 Å². The zero-order valence-corrected chi connectivity index (χ0v) is 19.5. The Kier molecular flexibility index (Phi) is 7.21. The summed E-state index contributed by atoms with van der Waals surface area (Å²) in [5.74, 6) is 1.36. The van der Waals surface area contributed by atoms with Crippen molar-refractivity contribution in [3.63, 3.8) is 0 Å². The molecule has 2 aromatic heterocycles. The average Bonchev–Trinajstić information content (AvgIpc) is 3.01. The van der Waals surface area contributed by atoms with Crippen molar-refractivity contribution in [2.45, 2.75) is 70.1 Å². The number of thioether (sulfide) groups is 1. The molecule has 30 heavy (non-hydrogen) atoms. The Morgan fingerprint density at radius 3 is 2.63 bits per heavy atom. The third-order valence-corrected chi connectivity index (χ3v) is 6.54. The first kappa shape index (κ1) is 22.8. The van der Waals surface area contributed by atoms with E-state index in [4.69, 9.17) is 9.26 Å². The zero-order chi connectivity index (χ0) is 21.9. The highest BCUT2D eigenvalue weighted by Crippen LogP contribution is 2.27. The van der Waals surface area contributed by atoms with Crippen molar-refractivity contribution in [2.24, 2.45) is 0 Å². The second-order valence-corrected chi connectivity index (χ2v) is 9.57. The van der Waals surface area contributed by atoms with E-state index in [2.05, 4.69) is 48.1 Å². The number of pyridine rings is 1. The Balaban J connectivity index is 1.64. The van der Waals surface area contributed by atoms with Gasteiger partial charge in [-0.05, 0) is 53.7 Å². The third kappa shape index (κ3) is 5.42. The standard InChI is InChI=1S/C22H32N4O3S/c1-14-10-26(11-15(2)28-14)22(5,6)13-24-20(27)18-8-7-9-23-21(18)30-12-19-16(3)25-29-17(19)4/h7-9,14-15H,10-13H2,1-6H3,(H,24,27)/t14-,15-/m1/s1. The summed E-state index contributed by atoms with van der Waals surface area (Å²) in [6.07, 6.45) is 2.09. The Hall–Kier alpha value is -1.90. The quantitative estimate of drug-likeness (QED) is 0.670. The number of aromatic nitrogens is 2. The maximum Gasteiger partial charge on any atom is 0.254 e. The summed E-state index contributed by atoms with van der Waals surface area (Å²) in [5.41, 5.74) is 2.34. The van der Waals surface area contributed by atoms with Gasteiger partial charge < -0.3 is 14.6 Å². The summed E-state index contributed by atoms with van der Waals surface area (Å²) >= 11 is 1.52. The van der Waals surface area contributed by atoms with Crippen molar-refractivity contribution in [3.8, 4) is 0 Å². The number of aryl methyl sites for hydroxylation is 2. The fourth-order valence-electron chi connectivity index (χ4n) is 3.70. The fourth-order valence-corrected chi connectivity index (χ4v) is 4.85. The van der Waals surface area contributed by atoms with Crippen molar-refractivity contribution < 1.29 is 14.1 Å². The van der Waals surface area contributed by atoms with Gasteiger partial charge in [0.1, 0.15) is 10.8 Å². The van der Waals surface area contributed by atoms with E-state index in [0.29, 0.717) is 22.9 Å². The van der Waals surface area contributed by atoms with Crippen LogP contribution in [-0.2, 0) is 10.5 Å². The molecule has 1 fully saturated rings. The molecule has 7 nitrogen and oxygen atoms in total. The van der Waals surface area contributed by atoms with Gasteiger partial charge in [0.05, 0.1) is 23.5 Å². The van der Waals surface area contributed by atoms with E-state index in [1.807, 2.05) is 19.9 Å². The van der Waals surface area contributed by atoms with Crippen LogP contribution < -0.4 is 5.32 Å². The molecule has 2 aromatic rings. The topological polar surface area (TPSA) is 80.5 Å². The number of nitrogens with one attached hydrogen (secondary N) is 1. The predicted octanol–water partition coefficient (Wildman–Crippen LogP) is 3.60. The molecule has 1 saturated heterocycles. The van der Waals surface area contributed by atoms with Gasteiger partial charge in [0.15, 0.2) is 0 Å². The Morgan fingerprint density at radius 1 is 1.30 bits per heavy atom. The zero-order valence-electron chi connectivity index (χ0n) is 18.7. The fraction of sp³-hybridized carbons (Fsp3) is 0.591. The van der Waals surface area contributed by atoms with E-state index in [1.54, 1.807) is 12.3 Å². The molecule has 1 N–H and O–H groups in total. The number of hydrogen-bond donors (Lipinski definition) is 1.